The maximum atomic E-state index is 5.35. The summed E-state index contributed by atoms with van der Waals surface area (Å²) in [6, 6.07) is 8.41. The number of hydrogen-bond donors (Lipinski definition) is 2. The Kier molecular flexibility index (Phi) is 4.58. The number of ether oxygens (including phenoxy) is 1. The number of fused-ring (bicyclic) bond motifs is 1. The Morgan fingerprint density at radius 2 is 2.26 bits per heavy atom. The molecule has 0 spiro atoms. The van der Waals surface area contributed by atoms with E-state index in [0.29, 0.717) is 6.04 Å². The predicted octanol–water partition coefficient (Wildman–Crippen LogP) is 2.07. The summed E-state index contributed by atoms with van der Waals surface area (Å²) in [7, 11) is 1.69. The topological polar surface area (TPSA) is 61.8 Å². The van der Waals surface area contributed by atoms with E-state index in [0.717, 1.165) is 41.7 Å². The zero-order valence-corrected chi connectivity index (χ0v) is 11.6. The number of hydrogen-bond acceptors (Lipinski definition) is 3. The molecule has 4 nitrogen and oxygen atoms in total. The average molecular weight is 260 g/mol. The van der Waals surface area contributed by atoms with Crippen LogP contribution in [0.2, 0.25) is 0 Å². The lowest BCUT2D eigenvalue weighted by Gasteiger charge is -2.16. The maximum Gasteiger partial charge on any atom is 0.121 e. The van der Waals surface area contributed by atoms with E-state index < -0.39 is 0 Å². The van der Waals surface area contributed by atoms with Crippen molar-refractivity contribution in [3.63, 3.8) is 0 Å². The van der Waals surface area contributed by atoms with Crippen LogP contribution in [-0.2, 0) is 0 Å². The molecule has 1 heterocycles. The molecule has 0 aliphatic rings. The van der Waals surface area contributed by atoms with Gasteiger partial charge in [0.25, 0.3) is 0 Å². The summed E-state index contributed by atoms with van der Waals surface area (Å²) < 4.78 is 5.35. The van der Waals surface area contributed by atoms with Gasteiger partial charge in [-0.2, -0.15) is 0 Å². The van der Waals surface area contributed by atoms with Crippen molar-refractivity contribution in [3.8, 4) is 5.75 Å². The fourth-order valence-electron chi connectivity index (χ4n) is 2.18. The standard InChI is InChI=1S/C15H21N3O/c1-11(5-3-7-16)18-14-10-13(19-2)9-12-6-4-8-17-15(12)14/h4,6,8-11,18H,3,5,7,16H2,1-2H3/p+1/t11-/m1/s1. The Balaban J connectivity index is 2.29. The molecule has 0 fully saturated rings. The van der Waals surface area contributed by atoms with Gasteiger partial charge in [-0.3, -0.25) is 4.98 Å². The average Bonchev–Trinajstić information content (AvgIpc) is 2.44. The van der Waals surface area contributed by atoms with E-state index in [9.17, 15) is 0 Å². The van der Waals surface area contributed by atoms with Crippen molar-refractivity contribution in [2.75, 3.05) is 19.0 Å². The van der Waals surface area contributed by atoms with Crippen LogP contribution in [0.4, 0.5) is 5.69 Å². The first-order valence-corrected chi connectivity index (χ1v) is 6.73. The molecule has 0 amide bonds. The van der Waals surface area contributed by atoms with Crippen LogP contribution in [0.5, 0.6) is 5.75 Å². The molecule has 0 aliphatic heterocycles. The van der Waals surface area contributed by atoms with E-state index in [1.54, 1.807) is 7.11 Å². The number of quaternary nitrogens is 1. The van der Waals surface area contributed by atoms with Gasteiger partial charge in [-0.05, 0) is 31.9 Å². The Morgan fingerprint density at radius 1 is 1.42 bits per heavy atom. The lowest BCUT2D eigenvalue weighted by Crippen LogP contribution is -2.50. The molecule has 1 aromatic heterocycles. The molecule has 1 aromatic carbocycles. The van der Waals surface area contributed by atoms with E-state index in [2.05, 4.69) is 29.0 Å². The number of methoxy groups -OCH3 is 1. The van der Waals surface area contributed by atoms with Gasteiger partial charge in [-0.25, -0.2) is 0 Å². The third kappa shape index (κ3) is 3.35. The molecular weight excluding hydrogens is 238 g/mol. The van der Waals surface area contributed by atoms with Crippen LogP contribution >= 0.6 is 0 Å². The number of benzene rings is 1. The first kappa shape index (κ1) is 13.6. The summed E-state index contributed by atoms with van der Waals surface area (Å²) in [4.78, 5) is 4.46. The molecule has 2 aromatic rings. The van der Waals surface area contributed by atoms with Gasteiger partial charge < -0.3 is 15.8 Å². The molecule has 0 saturated heterocycles. The van der Waals surface area contributed by atoms with Crippen molar-refractivity contribution in [2.24, 2.45) is 0 Å². The minimum atomic E-state index is 0.402. The number of nitrogens with one attached hydrogen (secondary N) is 1. The lowest BCUT2D eigenvalue weighted by atomic mass is 10.1. The summed E-state index contributed by atoms with van der Waals surface area (Å²) in [6.07, 6.45) is 4.05. The highest BCUT2D eigenvalue weighted by Gasteiger charge is 2.08. The second-order valence-corrected chi connectivity index (χ2v) is 4.79. The van der Waals surface area contributed by atoms with Crippen LogP contribution in [0.3, 0.4) is 0 Å². The van der Waals surface area contributed by atoms with Crippen molar-refractivity contribution in [2.45, 2.75) is 25.8 Å². The number of nitrogens with zero attached hydrogens (tertiary/aromatic N) is 1. The Bertz CT molecular complexity index is 542. The largest absolute Gasteiger partial charge is 0.497 e. The minimum Gasteiger partial charge on any atom is -0.497 e. The summed E-state index contributed by atoms with van der Waals surface area (Å²) in [5.41, 5.74) is 5.91. The summed E-state index contributed by atoms with van der Waals surface area (Å²) in [5, 5.41) is 4.62. The van der Waals surface area contributed by atoms with Gasteiger partial charge in [0.2, 0.25) is 0 Å². The summed E-state index contributed by atoms with van der Waals surface area (Å²) in [5.74, 6) is 0.854. The van der Waals surface area contributed by atoms with Gasteiger partial charge >= 0.3 is 0 Å². The molecule has 0 aliphatic carbocycles. The Morgan fingerprint density at radius 3 is 3.00 bits per heavy atom. The summed E-state index contributed by atoms with van der Waals surface area (Å²) >= 11 is 0. The second kappa shape index (κ2) is 6.38. The van der Waals surface area contributed by atoms with Gasteiger partial charge in [-0.1, -0.05) is 6.07 Å². The number of anilines is 1. The highest BCUT2D eigenvalue weighted by atomic mass is 16.5. The Hall–Kier alpha value is -1.81. The zero-order chi connectivity index (χ0) is 13.7. The molecule has 0 radical (unpaired) electrons. The van der Waals surface area contributed by atoms with Crippen molar-refractivity contribution < 1.29 is 10.5 Å². The monoisotopic (exact) mass is 260 g/mol. The minimum absolute atomic E-state index is 0.402. The van der Waals surface area contributed by atoms with Crippen molar-refractivity contribution in [3.05, 3.63) is 30.5 Å². The highest BCUT2D eigenvalue weighted by molar-refractivity contribution is 5.91. The maximum absolute atomic E-state index is 5.35. The van der Waals surface area contributed by atoms with Crippen LogP contribution in [-0.4, -0.2) is 24.7 Å². The number of pyridine rings is 1. The van der Waals surface area contributed by atoms with Gasteiger partial charge in [0, 0.05) is 23.7 Å². The molecule has 19 heavy (non-hydrogen) atoms. The third-order valence-electron chi connectivity index (χ3n) is 3.20. The van der Waals surface area contributed by atoms with Crippen molar-refractivity contribution in [1.29, 1.82) is 0 Å². The fraction of sp³-hybridized carbons (Fsp3) is 0.400. The van der Waals surface area contributed by atoms with E-state index >= 15 is 0 Å². The van der Waals surface area contributed by atoms with Gasteiger partial charge in [-0.15, -0.1) is 0 Å². The third-order valence-corrected chi connectivity index (χ3v) is 3.20. The van der Waals surface area contributed by atoms with Crippen LogP contribution in [0, 0.1) is 0 Å². The lowest BCUT2D eigenvalue weighted by molar-refractivity contribution is -0.368. The first-order valence-electron chi connectivity index (χ1n) is 6.73. The number of aromatic nitrogens is 1. The molecule has 2 rings (SSSR count). The van der Waals surface area contributed by atoms with E-state index in [1.165, 1.54) is 0 Å². The fourth-order valence-corrected chi connectivity index (χ4v) is 2.18. The van der Waals surface area contributed by atoms with Gasteiger partial charge in [0.15, 0.2) is 0 Å². The van der Waals surface area contributed by atoms with Crippen LogP contribution < -0.4 is 15.8 Å². The van der Waals surface area contributed by atoms with E-state index in [-0.39, 0.29) is 0 Å². The van der Waals surface area contributed by atoms with Gasteiger partial charge in [0.1, 0.15) is 5.75 Å². The highest BCUT2D eigenvalue weighted by Crippen LogP contribution is 2.28. The number of rotatable bonds is 6. The molecule has 0 unspecified atom stereocenters. The second-order valence-electron chi connectivity index (χ2n) is 4.79. The van der Waals surface area contributed by atoms with E-state index in [1.807, 2.05) is 24.4 Å². The van der Waals surface area contributed by atoms with Crippen molar-refractivity contribution in [1.82, 2.24) is 4.98 Å². The van der Waals surface area contributed by atoms with Crippen LogP contribution in [0.15, 0.2) is 30.5 Å². The first-order chi connectivity index (χ1) is 9.24. The van der Waals surface area contributed by atoms with Gasteiger partial charge in [0.05, 0.1) is 24.9 Å². The van der Waals surface area contributed by atoms with Crippen LogP contribution in [0.1, 0.15) is 19.8 Å². The normalized spacial score (nSPS) is 12.4. The predicted molar refractivity (Wildman–Crippen MR) is 78.4 cm³/mol. The molecular formula is C15H22N3O+. The smallest absolute Gasteiger partial charge is 0.121 e. The quantitative estimate of drug-likeness (QED) is 0.835. The molecule has 4 heteroatoms. The SMILES string of the molecule is COc1cc(N[C@H](C)CCC[NH3+])c2ncccc2c1. The van der Waals surface area contributed by atoms with Crippen molar-refractivity contribution >= 4 is 16.6 Å². The van der Waals surface area contributed by atoms with E-state index in [4.69, 9.17) is 4.74 Å². The molecule has 102 valence electrons. The molecule has 0 bridgehead atoms. The zero-order valence-electron chi connectivity index (χ0n) is 11.6. The molecule has 4 N–H and O–H groups in total. The molecule has 0 saturated carbocycles. The van der Waals surface area contributed by atoms with Crippen LogP contribution in [0.25, 0.3) is 10.9 Å². The summed E-state index contributed by atoms with van der Waals surface area (Å²) in [6.45, 7) is 3.16. The Labute approximate surface area is 114 Å². The molecule has 1 atom stereocenters.